The molecule has 0 spiro atoms. The zero-order chi connectivity index (χ0) is 12.3. The van der Waals surface area contributed by atoms with Crippen LogP contribution in [0.25, 0.3) is 0 Å². The monoisotopic (exact) mass is 312 g/mol. The average molecular weight is 313 g/mol. The van der Waals surface area contributed by atoms with Gasteiger partial charge in [0.25, 0.3) is 0 Å². The van der Waals surface area contributed by atoms with Crippen LogP contribution in [0.5, 0.6) is 0 Å². The van der Waals surface area contributed by atoms with E-state index >= 15 is 0 Å². The van der Waals surface area contributed by atoms with Crippen molar-refractivity contribution in [1.29, 1.82) is 0 Å². The Bertz CT molecular complexity index is 484. The molecule has 2 rings (SSSR count). The van der Waals surface area contributed by atoms with Gasteiger partial charge in [-0.2, -0.15) is 5.10 Å². The number of aromatic nitrogens is 2. The number of nitrogens with zero attached hydrogens (tertiary/aromatic N) is 2. The molecule has 1 aromatic heterocycles. The predicted octanol–water partition coefficient (Wildman–Crippen LogP) is 3.01. The number of aliphatic hydroxyl groups is 1. The Morgan fingerprint density at radius 1 is 1.35 bits per heavy atom. The van der Waals surface area contributed by atoms with E-state index in [1.807, 2.05) is 43.6 Å². The van der Waals surface area contributed by atoms with Crippen molar-refractivity contribution in [3.8, 4) is 0 Å². The van der Waals surface area contributed by atoms with E-state index in [4.69, 9.17) is 0 Å². The molecule has 17 heavy (non-hydrogen) atoms. The second-order valence-corrected chi connectivity index (χ2v) is 5.70. The molecule has 5 heteroatoms. The van der Waals surface area contributed by atoms with Crippen molar-refractivity contribution in [2.24, 2.45) is 7.05 Å². The topological polar surface area (TPSA) is 38.0 Å². The van der Waals surface area contributed by atoms with Crippen LogP contribution in [0.2, 0.25) is 0 Å². The summed E-state index contributed by atoms with van der Waals surface area (Å²) in [4.78, 5) is 1.14. The van der Waals surface area contributed by atoms with E-state index in [2.05, 4.69) is 21.0 Å². The Morgan fingerprint density at radius 2 is 2.06 bits per heavy atom. The lowest BCUT2D eigenvalue weighted by Gasteiger charge is -2.07. The van der Waals surface area contributed by atoms with Gasteiger partial charge in [0, 0.05) is 28.4 Å². The summed E-state index contributed by atoms with van der Waals surface area (Å²) < 4.78 is 2.76. The quantitative estimate of drug-likeness (QED) is 0.882. The van der Waals surface area contributed by atoms with Crippen LogP contribution in [-0.2, 0) is 7.05 Å². The second-order valence-electron chi connectivity index (χ2n) is 3.69. The van der Waals surface area contributed by atoms with Gasteiger partial charge in [-0.15, -0.1) is 11.8 Å². The Morgan fingerprint density at radius 3 is 2.65 bits per heavy atom. The smallest absolute Gasteiger partial charge is 0.107 e. The van der Waals surface area contributed by atoms with Gasteiger partial charge in [0.15, 0.2) is 0 Å². The fourth-order valence-corrected chi connectivity index (χ4v) is 2.52. The van der Waals surface area contributed by atoms with Crippen LogP contribution < -0.4 is 0 Å². The molecule has 0 saturated heterocycles. The molecule has 0 bridgehead atoms. The zero-order valence-electron chi connectivity index (χ0n) is 9.38. The first-order chi connectivity index (χ1) is 8.15. The van der Waals surface area contributed by atoms with Gasteiger partial charge in [-0.3, -0.25) is 4.68 Å². The summed E-state index contributed by atoms with van der Waals surface area (Å²) in [5.74, 6) is 0.610. The van der Waals surface area contributed by atoms with Gasteiger partial charge in [0.2, 0.25) is 0 Å². The molecule has 2 aromatic rings. The Hall–Kier alpha value is -0.780. The van der Waals surface area contributed by atoms with E-state index < -0.39 is 6.10 Å². The molecule has 0 aliphatic heterocycles. The minimum atomic E-state index is -0.523. The third kappa shape index (κ3) is 3.59. The molecule has 0 saturated carbocycles. The molecule has 90 valence electrons. The molecular formula is C12H13BrN2OS. The normalized spacial score (nSPS) is 12.6. The molecular weight excluding hydrogens is 300 g/mol. The lowest BCUT2D eigenvalue weighted by molar-refractivity contribution is 0.198. The maximum atomic E-state index is 9.94. The van der Waals surface area contributed by atoms with E-state index in [1.54, 1.807) is 16.4 Å². The average Bonchev–Trinajstić information content (AvgIpc) is 2.75. The largest absolute Gasteiger partial charge is 0.386 e. The van der Waals surface area contributed by atoms with Gasteiger partial charge in [-0.25, -0.2) is 0 Å². The van der Waals surface area contributed by atoms with Crippen molar-refractivity contribution < 1.29 is 5.11 Å². The number of thioether (sulfide) groups is 1. The van der Waals surface area contributed by atoms with E-state index in [9.17, 15) is 5.11 Å². The van der Waals surface area contributed by atoms with Crippen LogP contribution in [0.4, 0.5) is 0 Å². The van der Waals surface area contributed by atoms with Crippen molar-refractivity contribution in [2.45, 2.75) is 11.0 Å². The van der Waals surface area contributed by atoms with Crippen molar-refractivity contribution in [2.75, 3.05) is 5.75 Å². The molecule has 1 atom stereocenters. The predicted molar refractivity (Wildman–Crippen MR) is 73.0 cm³/mol. The Balaban J connectivity index is 1.92. The Labute approximate surface area is 113 Å². The van der Waals surface area contributed by atoms with Gasteiger partial charge < -0.3 is 5.11 Å². The summed E-state index contributed by atoms with van der Waals surface area (Å²) in [6.45, 7) is 0. The van der Waals surface area contributed by atoms with Gasteiger partial charge in [0.1, 0.15) is 6.10 Å². The molecule has 0 fully saturated rings. The van der Waals surface area contributed by atoms with Crippen molar-refractivity contribution >= 4 is 27.7 Å². The first-order valence-corrected chi connectivity index (χ1v) is 6.99. The SMILES string of the molecule is Cn1ccc(C(O)CSc2ccc(Br)cc2)n1. The number of hydrogen-bond donors (Lipinski definition) is 1. The summed E-state index contributed by atoms with van der Waals surface area (Å²) >= 11 is 5.01. The first-order valence-electron chi connectivity index (χ1n) is 5.21. The fraction of sp³-hybridized carbons (Fsp3) is 0.250. The summed E-state index contributed by atoms with van der Waals surface area (Å²) in [5, 5.41) is 14.1. The van der Waals surface area contributed by atoms with Crippen LogP contribution in [0.15, 0.2) is 45.9 Å². The standard InChI is InChI=1S/C12H13BrN2OS/c1-15-7-6-11(14-15)12(16)8-17-10-4-2-9(13)3-5-10/h2-7,12,16H,8H2,1H3. The van der Waals surface area contributed by atoms with E-state index in [0.717, 1.165) is 15.1 Å². The lowest BCUT2D eigenvalue weighted by atomic mass is 10.3. The molecule has 0 amide bonds. The first kappa shape index (κ1) is 12.7. The summed E-state index contributed by atoms with van der Waals surface area (Å²) in [5.41, 5.74) is 0.720. The zero-order valence-corrected chi connectivity index (χ0v) is 11.8. The molecule has 0 aliphatic carbocycles. The van der Waals surface area contributed by atoms with Crippen molar-refractivity contribution in [1.82, 2.24) is 9.78 Å². The van der Waals surface area contributed by atoms with Gasteiger partial charge in [0.05, 0.1) is 5.69 Å². The third-order valence-corrected chi connectivity index (χ3v) is 3.91. The molecule has 3 nitrogen and oxygen atoms in total. The highest BCUT2D eigenvalue weighted by Crippen LogP contribution is 2.25. The lowest BCUT2D eigenvalue weighted by Crippen LogP contribution is -2.02. The summed E-state index contributed by atoms with van der Waals surface area (Å²) in [6, 6.07) is 9.89. The number of rotatable bonds is 4. The molecule has 1 N–H and O–H groups in total. The van der Waals surface area contributed by atoms with Crippen molar-refractivity contribution in [3.63, 3.8) is 0 Å². The Kier molecular flexibility index (Phi) is 4.25. The molecule has 0 radical (unpaired) electrons. The van der Waals surface area contributed by atoms with Crippen LogP contribution in [0, 0.1) is 0 Å². The second kappa shape index (κ2) is 5.71. The highest BCUT2D eigenvalue weighted by Gasteiger charge is 2.10. The maximum absolute atomic E-state index is 9.94. The van der Waals surface area contributed by atoms with Crippen LogP contribution >= 0.6 is 27.7 Å². The van der Waals surface area contributed by atoms with E-state index in [1.165, 1.54) is 0 Å². The third-order valence-electron chi connectivity index (χ3n) is 2.30. The fourth-order valence-electron chi connectivity index (χ4n) is 1.40. The summed E-state index contributed by atoms with van der Waals surface area (Å²) in [6.07, 6.45) is 1.31. The minimum absolute atomic E-state index is 0.523. The maximum Gasteiger partial charge on any atom is 0.107 e. The number of aryl methyl sites for hydroxylation is 1. The van der Waals surface area contributed by atoms with Crippen LogP contribution in [0.1, 0.15) is 11.8 Å². The van der Waals surface area contributed by atoms with E-state index in [0.29, 0.717) is 5.75 Å². The van der Waals surface area contributed by atoms with Gasteiger partial charge in [-0.1, -0.05) is 15.9 Å². The molecule has 1 unspecified atom stereocenters. The van der Waals surface area contributed by atoms with E-state index in [-0.39, 0.29) is 0 Å². The van der Waals surface area contributed by atoms with Gasteiger partial charge in [-0.05, 0) is 30.3 Å². The molecule has 1 heterocycles. The van der Waals surface area contributed by atoms with Crippen molar-refractivity contribution in [3.05, 3.63) is 46.7 Å². The minimum Gasteiger partial charge on any atom is -0.386 e. The number of halogens is 1. The summed E-state index contributed by atoms with van der Waals surface area (Å²) in [7, 11) is 1.85. The number of benzene rings is 1. The van der Waals surface area contributed by atoms with Crippen LogP contribution in [0.3, 0.4) is 0 Å². The molecule has 1 aromatic carbocycles. The highest BCUT2D eigenvalue weighted by molar-refractivity contribution is 9.10. The number of aliphatic hydroxyl groups excluding tert-OH is 1. The number of hydrogen-bond acceptors (Lipinski definition) is 3. The highest BCUT2D eigenvalue weighted by atomic mass is 79.9. The van der Waals surface area contributed by atoms with Gasteiger partial charge >= 0.3 is 0 Å². The molecule has 0 aliphatic rings. The van der Waals surface area contributed by atoms with Crippen LogP contribution in [-0.4, -0.2) is 20.6 Å².